The van der Waals surface area contributed by atoms with Gasteiger partial charge in [0, 0.05) is 31.2 Å². The number of rotatable bonds is 6. The predicted octanol–water partition coefficient (Wildman–Crippen LogP) is 1.29. The molecule has 0 bridgehead atoms. The number of aromatic nitrogens is 2. The van der Waals surface area contributed by atoms with Crippen molar-refractivity contribution in [2.45, 2.75) is 52.3 Å². The molecule has 1 fully saturated rings. The van der Waals surface area contributed by atoms with Crippen LogP contribution in [0.3, 0.4) is 0 Å². The van der Waals surface area contributed by atoms with Crippen LogP contribution in [0.5, 0.6) is 0 Å². The molecule has 1 aromatic heterocycles. The van der Waals surface area contributed by atoms with Crippen LogP contribution in [0, 0.1) is 5.41 Å². The van der Waals surface area contributed by atoms with Gasteiger partial charge >= 0.3 is 5.97 Å². The minimum Gasteiger partial charge on any atom is -0.479 e. The third kappa shape index (κ3) is 2.39. The predicted molar refractivity (Wildman–Crippen MR) is 79.5 cm³/mol. The summed E-state index contributed by atoms with van der Waals surface area (Å²) >= 11 is 0. The number of hydrogen-bond acceptors (Lipinski definition) is 4. The second-order valence-electron chi connectivity index (χ2n) is 6.12. The minimum atomic E-state index is -1.32. The van der Waals surface area contributed by atoms with Crippen LogP contribution in [0.25, 0.3) is 0 Å². The normalized spacial score (nSPS) is 26.3. The van der Waals surface area contributed by atoms with Crippen molar-refractivity contribution in [1.82, 2.24) is 15.1 Å². The van der Waals surface area contributed by atoms with Crippen LogP contribution >= 0.6 is 0 Å². The van der Waals surface area contributed by atoms with Gasteiger partial charge in [-0.3, -0.25) is 9.48 Å². The van der Waals surface area contributed by atoms with Crippen LogP contribution in [0.2, 0.25) is 0 Å². The molecular formula is C15H23N3O4. The molecule has 7 nitrogen and oxygen atoms in total. The molecule has 1 aliphatic carbocycles. The lowest BCUT2D eigenvalue weighted by molar-refractivity contribution is -0.190. The Balaban J connectivity index is 2.20. The maximum atomic E-state index is 12.4. The molecule has 1 saturated carbocycles. The molecule has 0 aliphatic heterocycles. The van der Waals surface area contributed by atoms with E-state index in [1.165, 1.54) is 6.20 Å². The van der Waals surface area contributed by atoms with E-state index in [0.29, 0.717) is 18.7 Å². The first-order valence-corrected chi connectivity index (χ1v) is 7.48. The lowest BCUT2D eigenvalue weighted by atomic mass is 9.54. The molecule has 7 heteroatoms. The van der Waals surface area contributed by atoms with Gasteiger partial charge in [-0.15, -0.1) is 0 Å². The zero-order valence-electron chi connectivity index (χ0n) is 13.4. The Morgan fingerprint density at radius 1 is 1.50 bits per heavy atom. The van der Waals surface area contributed by atoms with E-state index in [0.717, 1.165) is 0 Å². The van der Waals surface area contributed by atoms with Crippen LogP contribution < -0.4 is 5.32 Å². The molecule has 0 aromatic carbocycles. The molecule has 1 amide bonds. The lowest BCUT2D eigenvalue weighted by Crippen LogP contribution is -2.76. The van der Waals surface area contributed by atoms with Gasteiger partial charge in [-0.1, -0.05) is 13.8 Å². The molecule has 2 rings (SSSR count). The van der Waals surface area contributed by atoms with Gasteiger partial charge in [0.15, 0.2) is 0 Å². The molecule has 2 atom stereocenters. The van der Waals surface area contributed by atoms with Gasteiger partial charge in [0.25, 0.3) is 5.91 Å². The van der Waals surface area contributed by atoms with Gasteiger partial charge < -0.3 is 15.2 Å². The number of carboxylic acids is 1. The van der Waals surface area contributed by atoms with Crippen LogP contribution in [-0.4, -0.2) is 45.0 Å². The summed E-state index contributed by atoms with van der Waals surface area (Å²) in [6.45, 7) is 8.56. The van der Waals surface area contributed by atoms with Crippen LogP contribution in [0.1, 0.15) is 44.5 Å². The smallest absolute Gasteiger partial charge is 0.330 e. The monoisotopic (exact) mass is 309 g/mol. The molecule has 0 spiro atoms. The fourth-order valence-corrected chi connectivity index (χ4v) is 2.96. The average molecular weight is 309 g/mol. The van der Waals surface area contributed by atoms with Crippen molar-refractivity contribution in [3.8, 4) is 0 Å². The Hall–Kier alpha value is -1.89. The molecule has 2 unspecified atom stereocenters. The fourth-order valence-electron chi connectivity index (χ4n) is 2.96. The van der Waals surface area contributed by atoms with Gasteiger partial charge in [0.05, 0.1) is 17.9 Å². The van der Waals surface area contributed by atoms with Gasteiger partial charge in [0.2, 0.25) is 0 Å². The summed E-state index contributed by atoms with van der Waals surface area (Å²) in [5.74, 6) is -1.46. The van der Waals surface area contributed by atoms with Crippen molar-refractivity contribution in [3.63, 3.8) is 0 Å². The summed E-state index contributed by atoms with van der Waals surface area (Å²) in [6.07, 6.45) is 3.13. The highest BCUT2D eigenvalue weighted by Gasteiger charge is 2.66. The van der Waals surface area contributed by atoms with Crippen molar-refractivity contribution in [2.75, 3.05) is 6.61 Å². The third-order valence-corrected chi connectivity index (χ3v) is 4.68. The number of amides is 1. The van der Waals surface area contributed by atoms with Crippen molar-refractivity contribution in [1.29, 1.82) is 0 Å². The largest absolute Gasteiger partial charge is 0.479 e. The molecule has 122 valence electrons. The number of nitrogens with one attached hydrogen (secondary N) is 1. The topological polar surface area (TPSA) is 93.5 Å². The van der Waals surface area contributed by atoms with Crippen molar-refractivity contribution >= 4 is 11.9 Å². The van der Waals surface area contributed by atoms with Gasteiger partial charge in [-0.25, -0.2) is 4.79 Å². The van der Waals surface area contributed by atoms with E-state index in [9.17, 15) is 14.7 Å². The first-order valence-electron chi connectivity index (χ1n) is 7.48. The maximum absolute atomic E-state index is 12.4. The van der Waals surface area contributed by atoms with Crippen LogP contribution in [0.4, 0.5) is 0 Å². The molecular weight excluding hydrogens is 286 g/mol. The Bertz CT molecular complexity index is 581. The van der Waals surface area contributed by atoms with Crippen molar-refractivity contribution in [3.05, 3.63) is 18.0 Å². The van der Waals surface area contributed by atoms with Gasteiger partial charge in [-0.2, -0.15) is 5.10 Å². The number of aryl methyl sites for hydroxylation is 1. The lowest BCUT2D eigenvalue weighted by Gasteiger charge is -2.58. The average Bonchev–Trinajstić information content (AvgIpc) is 2.94. The van der Waals surface area contributed by atoms with Crippen molar-refractivity contribution < 1.29 is 19.4 Å². The minimum absolute atomic E-state index is 0.188. The first-order chi connectivity index (χ1) is 10.3. The molecule has 0 saturated heterocycles. The molecule has 22 heavy (non-hydrogen) atoms. The molecule has 1 aliphatic rings. The zero-order valence-corrected chi connectivity index (χ0v) is 13.4. The Morgan fingerprint density at radius 3 is 2.64 bits per heavy atom. The van der Waals surface area contributed by atoms with Crippen molar-refractivity contribution in [2.24, 2.45) is 5.41 Å². The van der Waals surface area contributed by atoms with E-state index in [1.54, 1.807) is 24.7 Å². The van der Waals surface area contributed by atoms with Crippen LogP contribution in [0.15, 0.2) is 12.4 Å². The number of ether oxygens (including phenoxy) is 1. The first kappa shape index (κ1) is 16.5. The van der Waals surface area contributed by atoms with E-state index >= 15 is 0 Å². The standard InChI is InChI=1S/C15H23N3O4/c1-5-18-9-10(8-16-18)12(19)17-15(13(20)21)7-11(22-6-2)14(15,3)4/h8-9,11H,5-7H2,1-4H3,(H,17,19)(H,20,21). The number of hydrogen-bond donors (Lipinski definition) is 2. The SMILES string of the molecule is CCOC1CC(NC(=O)c2cnn(CC)c2)(C(=O)O)C1(C)C. The number of aliphatic carboxylic acids is 1. The van der Waals surface area contributed by atoms with Gasteiger partial charge in [0.1, 0.15) is 5.54 Å². The zero-order chi connectivity index (χ0) is 16.5. The summed E-state index contributed by atoms with van der Waals surface area (Å²) in [7, 11) is 0. The van der Waals surface area contributed by atoms with E-state index < -0.39 is 22.8 Å². The quantitative estimate of drug-likeness (QED) is 0.826. The van der Waals surface area contributed by atoms with E-state index in [2.05, 4.69) is 10.4 Å². The highest BCUT2D eigenvalue weighted by atomic mass is 16.5. The molecule has 2 N–H and O–H groups in total. The third-order valence-electron chi connectivity index (χ3n) is 4.68. The summed E-state index contributed by atoms with van der Waals surface area (Å²) in [5.41, 5.74) is -1.65. The second kappa shape index (κ2) is 5.72. The Labute approximate surface area is 129 Å². The molecule has 1 aromatic rings. The summed E-state index contributed by atoms with van der Waals surface area (Å²) in [4.78, 5) is 24.2. The van der Waals surface area contributed by atoms with Gasteiger partial charge in [-0.05, 0) is 13.8 Å². The molecule has 0 radical (unpaired) electrons. The van der Waals surface area contributed by atoms with Crippen LogP contribution in [-0.2, 0) is 16.1 Å². The fraction of sp³-hybridized carbons (Fsp3) is 0.667. The second-order valence-corrected chi connectivity index (χ2v) is 6.12. The Kier molecular flexibility index (Phi) is 4.28. The summed E-state index contributed by atoms with van der Waals surface area (Å²) < 4.78 is 7.20. The number of carbonyl (C=O) groups excluding carboxylic acids is 1. The van der Waals surface area contributed by atoms with E-state index in [4.69, 9.17) is 4.74 Å². The highest BCUT2D eigenvalue weighted by molar-refractivity contribution is 5.98. The maximum Gasteiger partial charge on any atom is 0.330 e. The van der Waals surface area contributed by atoms with E-state index in [1.807, 2.05) is 13.8 Å². The summed E-state index contributed by atoms with van der Waals surface area (Å²) in [6, 6.07) is 0. The Morgan fingerprint density at radius 2 is 2.18 bits per heavy atom. The molecule has 1 heterocycles. The highest BCUT2D eigenvalue weighted by Crippen LogP contribution is 2.51. The number of carboxylic acid groups (broad SMARTS) is 1. The number of nitrogens with zero attached hydrogens (tertiary/aromatic N) is 2. The summed E-state index contributed by atoms with van der Waals surface area (Å²) in [5, 5.41) is 16.4. The van der Waals surface area contributed by atoms with E-state index in [-0.39, 0.29) is 12.5 Å². The number of carbonyl (C=O) groups is 2.